The first kappa shape index (κ1) is 17.5. The SMILES string of the molecule is COc1cccc(C(=O)N[C@@H](CO)C(=O)NCc2ccccc2)c1. The van der Waals surface area contributed by atoms with E-state index >= 15 is 0 Å². The number of rotatable bonds is 7. The molecule has 0 aliphatic rings. The van der Waals surface area contributed by atoms with Crippen molar-refractivity contribution >= 4 is 11.8 Å². The standard InChI is InChI=1S/C18H20N2O4/c1-24-15-9-5-8-14(10-15)17(22)20-16(12-21)18(23)19-11-13-6-3-2-4-7-13/h2-10,16,21H,11-12H2,1H3,(H,19,23)(H,20,22)/t16-/m0/s1. The van der Waals surface area contributed by atoms with E-state index in [0.717, 1.165) is 5.56 Å². The Hall–Kier alpha value is -2.86. The van der Waals surface area contributed by atoms with Crippen molar-refractivity contribution in [1.82, 2.24) is 10.6 Å². The molecule has 6 heteroatoms. The molecule has 3 N–H and O–H groups in total. The summed E-state index contributed by atoms with van der Waals surface area (Å²) >= 11 is 0. The number of carbonyl (C=O) groups is 2. The van der Waals surface area contributed by atoms with Gasteiger partial charge in [0.15, 0.2) is 0 Å². The normalized spacial score (nSPS) is 11.4. The summed E-state index contributed by atoms with van der Waals surface area (Å²) in [5.74, 6) is -0.364. The number of methoxy groups -OCH3 is 1. The van der Waals surface area contributed by atoms with Gasteiger partial charge in [-0.25, -0.2) is 0 Å². The van der Waals surface area contributed by atoms with E-state index in [4.69, 9.17) is 4.74 Å². The van der Waals surface area contributed by atoms with Gasteiger partial charge in [-0.2, -0.15) is 0 Å². The van der Waals surface area contributed by atoms with Gasteiger partial charge in [-0.3, -0.25) is 9.59 Å². The van der Waals surface area contributed by atoms with Crippen LogP contribution in [0.4, 0.5) is 0 Å². The van der Waals surface area contributed by atoms with E-state index in [1.165, 1.54) is 7.11 Å². The minimum Gasteiger partial charge on any atom is -0.497 e. The molecule has 0 saturated carbocycles. The van der Waals surface area contributed by atoms with Crippen LogP contribution in [0.2, 0.25) is 0 Å². The zero-order valence-electron chi connectivity index (χ0n) is 13.4. The summed E-state index contributed by atoms with van der Waals surface area (Å²) in [6.07, 6.45) is 0. The predicted molar refractivity (Wildman–Crippen MR) is 89.6 cm³/mol. The number of nitrogens with one attached hydrogen (secondary N) is 2. The summed E-state index contributed by atoms with van der Waals surface area (Å²) in [6, 6.07) is 14.9. The third-order valence-corrected chi connectivity index (χ3v) is 3.45. The number of hydrogen-bond acceptors (Lipinski definition) is 4. The van der Waals surface area contributed by atoms with Gasteiger partial charge in [-0.15, -0.1) is 0 Å². The lowest BCUT2D eigenvalue weighted by Gasteiger charge is -2.16. The molecule has 0 saturated heterocycles. The number of amides is 2. The Morgan fingerprint density at radius 3 is 2.54 bits per heavy atom. The maximum absolute atomic E-state index is 12.2. The van der Waals surface area contributed by atoms with Crippen LogP contribution in [0.25, 0.3) is 0 Å². The van der Waals surface area contributed by atoms with Crippen LogP contribution in [0.3, 0.4) is 0 Å². The third kappa shape index (κ3) is 4.82. The summed E-state index contributed by atoms with van der Waals surface area (Å²) in [4.78, 5) is 24.3. The fraction of sp³-hybridized carbons (Fsp3) is 0.222. The molecule has 2 rings (SSSR count). The van der Waals surface area contributed by atoms with Crippen molar-refractivity contribution in [2.24, 2.45) is 0 Å². The molecule has 0 fully saturated rings. The highest BCUT2D eigenvalue weighted by Gasteiger charge is 2.20. The van der Waals surface area contributed by atoms with Crippen LogP contribution in [-0.4, -0.2) is 36.7 Å². The van der Waals surface area contributed by atoms with E-state index in [1.807, 2.05) is 30.3 Å². The van der Waals surface area contributed by atoms with Crippen LogP contribution < -0.4 is 15.4 Å². The van der Waals surface area contributed by atoms with Crippen LogP contribution in [0.5, 0.6) is 5.75 Å². The lowest BCUT2D eigenvalue weighted by molar-refractivity contribution is -0.124. The number of ether oxygens (including phenoxy) is 1. The van der Waals surface area contributed by atoms with Gasteiger partial charge >= 0.3 is 0 Å². The number of aliphatic hydroxyl groups excluding tert-OH is 1. The average Bonchev–Trinajstić information content (AvgIpc) is 2.64. The molecule has 2 aromatic rings. The van der Waals surface area contributed by atoms with Gasteiger partial charge < -0.3 is 20.5 Å². The van der Waals surface area contributed by atoms with Crippen LogP contribution in [-0.2, 0) is 11.3 Å². The lowest BCUT2D eigenvalue weighted by Crippen LogP contribution is -2.48. The molecular weight excluding hydrogens is 308 g/mol. The number of carbonyl (C=O) groups excluding carboxylic acids is 2. The van der Waals surface area contributed by atoms with Crippen LogP contribution in [0.1, 0.15) is 15.9 Å². The topological polar surface area (TPSA) is 87.7 Å². The largest absolute Gasteiger partial charge is 0.497 e. The van der Waals surface area contributed by atoms with Gasteiger partial charge in [0, 0.05) is 12.1 Å². The van der Waals surface area contributed by atoms with Crippen molar-refractivity contribution in [3.63, 3.8) is 0 Å². The van der Waals surface area contributed by atoms with Gasteiger partial charge in [0.25, 0.3) is 5.91 Å². The van der Waals surface area contributed by atoms with Crippen molar-refractivity contribution in [3.05, 3.63) is 65.7 Å². The fourth-order valence-corrected chi connectivity index (χ4v) is 2.11. The van der Waals surface area contributed by atoms with Crippen molar-refractivity contribution in [2.75, 3.05) is 13.7 Å². The Balaban J connectivity index is 1.94. The quantitative estimate of drug-likeness (QED) is 0.710. The van der Waals surface area contributed by atoms with Crippen LogP contribution in [0.15, 0.2) is 54.6 Å². The Morgan fingerprint density at radius 2 is 1.88 bits per heavy atom. The van der Waals surface area contributed by atoms with E-state index in [0.29, 0.717) is 17.9 Å². The molecule has 0 spiro atoms. The second-order valence-electron chi connectivity index (χ2n) is 5.14. The van der Waals surface area contributed by atoms with Gasteiger partial charge in [0.1, 0.15) is 11.8 Å². The Morgan fingerprint density at radius 1 is 1.12 bits per heavy atom. The Bertz CT molecular complexity index is 688. The molecular formula is C18H20N2O4. The van der Waals surface area contributed by atoms with Crippen molar-refractivity contribution < 1.29 is 19.4 Å². The molecule has 0 heterocycles. The zero-order chi connectivity index (χ0) is 17.4. The molecule has 0 aliphatic carbocycles. The molecule has 6 nitrogen and oxygen atoms in total. The highest BCUT2D eigenvalue weighted by atomic mass is 16.5. The fourth-order valence-electron chi connectivity index (χ4n) is 2.11. The summed E-state index contributed by atoms with van der Waals surface area (Å²) in [5.41, 5.74) is 1.28. The maximum Gasteiger partial charge on any atom is 0.252 e. The van der Waals surface area contributed by atoms with E-state index in [-0.39, 0.29) is 0 Å². The second-order valence-corrected chi connectivity index (χ2v) is 5.14. The summed E-state index contributed by atoms with van der Waals surface area (Å²) in [6.45, 7) is -0.165. The average molecular weight is 328 g/mol. The number of aliphatic hydroxyl groups is 1. The molecule has 0 radical (unpaired) electrons. The monoisotopic (exact) mass is 328 g/mol. The maximum atomic E-state index is 12.2. The third-order valence-electron chi connectivity index (χ3n) is 3.45. The molecule has 1 atom stereocenters. The molecule has 0 unspecified atom stereocenters. The van der Waals surface area contributed by atoms with E-state index in [1.54, 1.807) is 24.3 Å². The van der Waals surface area contributed by atoms with E-state index in [9.17, 15) is 14.7 Å². The van der Waals surface area contributed by atoms with Crippen molar-refractivity contribution in [2.45, 2.75) is 12.6 Å². The van der Waals surface area contributed by atoms with Gasteiger partial charge in [-0.1, -0.05) is 36.4 Å². The zero-order valence-corrected chi connectivity index (χ0v) is 13.4. The first-order valence-corrected chi connectivity index (χ1v) is 7.51. The molecule has 24 heavy (non-hydrogen) atoms. The molecule has 2 aromatic carbocycles. The molecule has 126 valence electrons. The second kappa shape index (κ2) is 8.69. The number of hydrogen-bond donors (Lipinski definition) is 3. The first-order valence-electron chi connectivity index (χ1n) is 7.51. The minimum atomic E-state index is -1.02. The lowest BCUT2D eigenvalue weighted by atomic mass is 10.1. The summed E-state index contributed by atoms with van der Waals surface area (Å²) in [5, 5.41) is 14.6. The summed E-state index contributed by atoms with van der Waals surface area (Å²) < 4.78 is 5.06. The minimum absolute atomic E-state index is 0.325. The van der Waals surface area contributed by atoms with Crippen LogP contribution >= 0.6 is 0 Å². The highest BCUT2D eigenvalue weighted by molar-refractivity contribution is 5.97. The molecule has 0 aliphatic heterocycles. The smallest absolute Gasteiger partial charge is 0.252 e. The van der Waals surface area contributed by atoms with Gasteiger partial charge in [-0.05, 0) is 23.8 Å². The number of benzene rings is 2. The summed E-state index contributed by atoms with van der Waals surface area (Å²) in [7, 11) is 1.50. The highest BCUT2D eigenvalue weighted by Crippen LogP contribution is 2.12. The predicted octanol–water partition coefficient (Wildman–Crippen LogP) is 1.10. The van der Waals surface area contributed by atoms with Gasteiger partial charge in [0.05, 0.1) is 13.7 Å². The molecule has 2 amide bonds. The molecule has 0 bridgehead atoms. The van der Waals surface area contributed by atoms with Crippen LogP contribution in [0, 0.1) is 0 Å². The first-order chi connectivity index (χ1) is 11.6. The van der Waals surface area contributed by atoms with E-state index < -0.39 is 24.5 Å². The Labute approximate surface area is 140 Å². The van der Waals surface area contributed by atoms with E-state index in [2.05, 4.69) is 10.6 Å². The van der Waals surface area contributed by atoms with Gasteiger partial charge in [0.2, 0.25) is 5.91 Å². The molecule has 0 aromatic heterocycles. The van der Waals surface area contributed by atoms with Crippen molar-refractivity contribution in [3.8, 4) is 5.75 Å². The Kier molecular flexibility index (Phi) is 6.33. The van der Waals surface area contributed by atoms with Crippen molar-refractivity contribution in [1.29, 1.82) is 0 Å².